The summed E-state index contributed by atoms with van der Waals surface area (Å²) in [6.07, 6.45) is 5.23. The topological polar surface area (TPSA) is 102 Å². The molecule has 0 spiro atoms. The van der Waals surface area contributed by atoms with E-state index >= 15 is 0 Å². The number of nitrogens with zero attached hydrogens (tertiary/aromatic N) is 3. The molecule has 1 aromatic rings. The number of allylic oxidation sites excluding steroid dienone is 1. The second kappa shape index (κ2) is 14.7. The van der Waals surface area contributed by atoms with E-state index in [1.807, 2.05) is 45.0 Å². The number of methoxy groups -OCH3 is 1. The van der Waals surface area contributed by atoms with Crippen LogP contribution in [0.3, 0.4) is 0 Å². The Kier molecular flexibility index (Phi) is 12.0. The molecule has 1 fully saturated rings. The fourth-order valence-electron chi connectivity index (χ4n) is 4.89. The van der Waals surface area contributed by atoms with E-state index in [1.165, 1.54) is 6.07 Å². The number of Topliss-reactive ketones (excluding diaryl/α,β-unsaturated/α-hetero) is 1. The van der Waals surface area contributed by atoms with Crippen LogP contribution >= 0.6 is 0 Å². The molecule has 1 aliphatic rings. The Labute approximate surface area is 220 Å². The van der Waals surface area contributed by atoms with Crippen LogP contribution < -0.4 is 0 Å². The number of rotatable bonds is 16. The van der Waals surface area contributed by atoms with Crippen LogP contribution in [0.2, 0.25) is 0 Å². The molecule has 9 heteroatoms. The second-order valence-corrected chi connectivity index (χ2v) is 9.96. The van der Waals surface area contributed by atoms with Gasteiger partial charge < -0.3 is 19.3 Å². The molecular weight excluding hydrogens is 474 g/mol. The van der Waals surface area contributed by atoms with Crippen molar-refractivity contribution in [2.75, 3.05) is 27.2 Å². The smallest absolute Gasteiger partial charge is 0.410 e. The molecule has 1 amide bonds. The van der Waals surface area contributed by atoms with Crippen LogP contribution in [0.1, 0.15) is 71.8 Å². The minimum atomic E-state index is -0.455. The lowest BCUT2D eigenvalue weighted by Crippen LogP contribution is -2.44. The summed E-state index contributed by atoms with van der Waals surface area (Å²) < 4.78 is 11.3. The standard InChI is InChI=1S/C28H43N3O6/c1-7-12-20(3)25(32)18-24-27(26(8-2)36-6)37-28(33)30(24)16-10-9-15-29(5)19-21(4)22-13-11-14-23(17-22)31(34)35/h11,13-14,17,19-20,24,26-27H,7-10,12,15-16,18H2,1-6H3/b21-19+/t20-,24+,26?,27?/m1/s1. The van der Waals surface area contributed by atoms with Gasteiger partial charge in [0.05, 0.1) is 17.1 Å². The summed E-state index contributed by atoms with van der Waals surface area (Å²) in [5.74, 6) is 0.119. The van der Waals surface area contributed by atoms with E-state index < -0.39 is 11.0 Å². The van der Waals surface area contributed by atoms with Crippen molar-refractivity contribution in [3.63, 3.8) is 0 Å². The van der Waals surface area contributed by atoms with E-state index in [0.717, 1.165) is 43.4 Å². The molecule has 0 aliphatic carbocycles. The highest BCUT2D eigenvalue weighted by molar-refractivity contribution is 5.82. The van der Waals surface area contributed by atoms with Crippen molar-refractivity contribution in [2.24, 2.45) is 5.92 Å². The Bertz CT molecular complexity index is 946. The van der Waals surface area contributed by atoms with Gasteiger partial charge in [0.25, 0.3) is 5.69 Å². The number of non-ortho nitro benzene ring substituents is 1. The van der Waals surface area contributed by atoms with Gasteiger partial charge in [-0.2, -0.15) is 0 Å². The first-order valence-electron chi connectivity index (χ1n) is 13.3. The van der Waals surface area contributed by atoms with E-state index in [-0.39, 0.29) is 42.0 Å². The van der Waals surface area contributed by atoms with Crippen molar-refractivity contribution in [1.29, 1.82) is 0 Å². The van der Waals surface area contributed by atoms with Crippen molar-refractivity contribution in [2.45, 2.75) is 84.5 Å². The number of carbonyl (C=O) groups excluding carboxylic acids is 2. The number of cyclic esters (lactones) is 1. The summed E-state index contributed by atoms with van der Waals surface area (Å²) in [6, 6.07) is 6.27. The Balaban J connectivity index is 1.99. The van der Waals surface area contributed by atoms with Gasteiger partial charge in [0.15, 0.2) is 6.10 Å². The quantitative estimate of drug-likeness (QED) is 0.158. The lowest BCUT2D eigenvalue weighted by Gasteiger charge is -2.28. The fourth-order valence-corrected chi connectivity index (χ4v) is 4.89. The zero-order valence-electron chi connectivity index (χ0n) is 23.1. The zero-order chi connectivity index (χ0) is 27.5. The predicted molar refractivity (Wildman–Crippen MR) is 144 cm³/mol. The number of nitro benzene ring substituents is 1. The van der Waals surface area contributed by atoms with Gasteiger partial charge in [0.2, 0.25) is 0 Å². The highest BCUT2D eigenvalue weighted by Crippen LogP contribution is 2.29. The van der Waals surface area contributed by atoms with Gasteiger partial charge in [-0.3, -0.25) is 14.9 Å². The lowest BCUT2D eigenvalue weighted by molar-refractivity contribution is -0.384. The summed E-state index contributed by atoms with van der Waals surface area (Å²) in [7, 11) is 3.57. The van der Waals surface area contributed by atoms with Gasteiger partial charge in [0.1, 0.15) is 5.78 Å². The lowest BCUT2D eigenvalue weighted by atomic mass is 9.91. The molecule has 0 saturated carbocycles. The number of ether oxygens (including phenoxy) is 2. The van der Waals surface area contributed by atoms with Gasteiger partial charge in [-0.25, -0.2) is 4.79 Å². The second-order valence-electron chi connectivity index (χ2n) is 9.96. The van der Waals surface area contributed by atoms with Crippen LogP contribution in [0.25, 0.3) is 5.57 Å². The van der Waals surface area contributed by atoms with Gasteiger partial charge in [-0.15, -0.1) is 0 Å². The third-order valence-corrected chi connectivity index (χ3v) is 7.09. The van der Waals surface area contributed by atoms with Crippen molar-refractivity contribution in [1.82, 2.24) is 9.80 Å². The summed E-state index contributed by atoms with van der Waals surface area (Å²) >= 11 is 0. The third-order valence-electron chi connectivity index (χ3n) is 7.09. The minimum Gasteiger partial charge on any atom is -0.441 e. The van der Waals surface area contributed by atoms with E-state index in [0.29, 0.717) is 13.0 Å². The maximum Gasteiger partial charge on any atom is 0.410 e. The minimum absolute atomic E-state index is 0.0412. The van der Waals surface area contributed by atoms with E-state index in [9.17, 15) is 19.7 Å². The summed E-state index contributed by atoms with van der Waals surface area (Å²) in [5.41, 5.74) is 1.81. The van der Waals surface area contributed by atoms with Gasteiger partial charge in [-0.1, -0.05) is 39.3 Å². The number of nitro groups is 1. The first-order valence-corrected chi connectivity index (χ1v) is 13.3. The normalized spacial score (nSPS) is 19.5. The van der Waals surface area contributed by atoms with Crippen molar-refractivity contribution in [3.05, 3.63) is 46.1 Å². The molecule has 1 aliphatic heterocycles. The molecule has 9 nitrogen and oxygen atoms in total. The highest BCUT2D eigenvalue weighted by Gasteiger charge is 2.46. The van der Waals surface area contributed by atoms with Crippen LogP contribution in [-0.2, 0) is 14.3 Å². The predicted octanol–water partition coefficient (Wildman–Crippen LogP) is 5.68. The maximum atomic E-state index is 12.9. The SMILES string of the molecule is CCC[C@@H](C)C(=O)C[C@H]1C(C(CC)OC)OC(=O)N1CCCCN(C)/C=C(\C)c1cccc([N+](=O)[O-])c1. The van der Waals surface area contributed by atoms with Crippen molar-refractivity contribution in [3.8, 4) is 0 Å². The molecule has 0 N–H and O–H groups in total. The molecule has 2 unspecified atom stereocenters. The molecule has 4 atom stereocenters. The first-order chi connectivity index (χ1) is 17.6. The number of hydrogen-bond acceptors (Lipinski definition) is 7. The molecule has 0 radical (unpaired) electrons. The first kappa shape index (κ1) is 30.3. The molecular formula is C28H43N3O6. The molecule has 37 heavy (non-hydrogen) atoms. The highest BCUT2D eigenvalue weighted by atomic mass is 16.6. The number of hydrogen-bond donors (Lipinski definition) is 0. The number of amides is 1. The molecule has 1 heterocycles. The number of unbranched alkanes of at least 4 members (excludes halogenated alkanes) is 1. The summed E-state index contributed by atoms with van der Waals surface area (Å²) in [4.78, 5) is 40.1. The van der Waals surface area contributed by atoms with Gasteiger partial charge >= 0.3 is 6.09 Å². The van der Waals surface area contributed by atoms with Gasteiger partial charge in [-0.05, 0) is 43.7 Å². The van der Waals surface area contributed by atoms with Gasteiger partial charge in [0, 0.05) is 57.9 Å². The largest absolute Gasteiger partial charge is 0.441 e. The Morgan fingerprint density at radius 2 is 2.05 bits per heavy atom. The number of benzene rings is 1. The monoisotopic (exact) mass is 517 g/mol. The van der Waals surface area contributed by atoms with Crippen LogP contribution in [0.5, 0.6) is 0 Å². The third kappa shape index (κ3) is 8.55. The molecule has 206 valence electrons. The Morgan fingerprint density at radius 3 is 2.68 bits per heavy atom. The zero-order valence-corrected chi connectivity index (χ0v) is 23.1. The van der Waals surface area contributed by atoms with Crippen molar-refractivity contribution >= 4 is 23.1 Å². The maximum absolute atomic E-state index is 12.9. The van der Waals surface area contributed by atoms with Crippen LogP contribution in [0, 0.1) is 16.0 Å². The summed E-state index contributed by atoms with van der Waals surface area (Å²) in [6.45, 7) is 9.20. The average Bonchev–Trinajstić information content (AvgIpc) is 3.17. The van der Waals surface area contributed by atoms with E-state index in [1.54, 1.807) is 24.1 Å². The molecule has 2 rings (SSSR count). The number of ketones is 1. The molecule has 1 saturated heterocycles. The van der Waals surface area contributed by atoms with E-state index in [4.69, 9.17) is 9.47 Å². The Hall–Kier alpha value is -2.94. The van der Waals surface area contributed by atoms with Crippen molar-refractivity contribution < 1.29 is 24.0 Å². The van der Waals surface area contributed by atoms with E-state index in [2.05, 4.69) is 6.92 Å². The van der Waals surface area contributed by atoms with Crippen LogP contribution in [0.15, 0.2) is 30.5 Å². The number of carbonyl (C=O) groups is 2. The average molecular weight is 518 g/mol. The van der Waals surface area contributed by atoms with Crippen LogP contribution in [-0.4, -0.2) is 72.1 Å². The molecule has 0 aromatic heterocycles. The Morgan fingerprint density at radius 1 is 1.32 bits per heavy atom. The molecule has 0 bridgehead atoms. The summed E-state index contributed by atoms with van der Waals surface area (Å²) in [5, 5.41) is 11.1. The van der Waals surface area contributed by atoms with Crippen LogP contribution in [0.4, 0.5) is 10.5 Å². The molecule has 1 aromatic carbocycles. The fraction of sp³-hybridized carbons (Fsp3) is 0.643.